The molecule has 1 amide bonds. The van der Waals surface area contributed by atoms with Gasteiger partial charge in [0.05, 0.1) is 35.7 Å². The Morgan fingerprint density at radius 2 is 2.00 bits per heavy atom. The molecule has 0 unspecified atom stereocenters. The van der Waals surface area contributed by atoms with Crippen molar-refractivity contribution in [2.45, 2.75) is 39.5 Å². The maximum Gasteiger partial charge on any atom is 0.310 e. The minimum atomic E-state index is -0.235. The molecule has 1 aliphatic heterocycles. The standard InChI is InChI=1S/C21H27N3O3/c1-3-9-19-18(14-22-24(19)17-11-6-5-7-12-17)20(25)23-13-8-10-16(15-23)21(26)27-4-2/h5-7,11-12,14,16H,3-4,8-10,13,15H2,1-2H3/t16-/m0/s1. The van der Waals surface area contributed by atoms with Gasteiger partial charge < -0.3 is 9.64 Å². The van der Waals surface area contributed by atoms with Crippen LogP contribution in [0.4, 0.5) is 0 Å². The molecule has 3 rings (SSSR count). The molecule has 0 spiro atoms. The summed E-state index contributed by atoms with van der Waals surface area (Å²) < 4.78 is 7.00. The van der Waals surface area contributed by atoms with Crippen LogP contribution < -0.4 is 0 Å². The van der Waals surface area contributed by atoms with Gasteiger partial charge in [0.15, 0.2) is 0 Å². The highest BCUT2D eigenvalue weighted by molar-refractivity contribution is 5.95. The van der Waals surface area contributed by atoms with Gasteiger partial charge in [-0.25, -0.2) is 4.68 Å². The fraction of sp³-hybridized carbons (Fsp3) is 0.476. The van der Waals surface area contributed by atoms with Crippen molar-refractivity contribution in [1.82, 2.24) is 14.7 Å². The van der Waals surface area contributed by atoms with Crippen LogP contribution in [0.25, 0.3) is 5.69 Å². The lowest BCUT2D eigenvalue weighted by Gasteiger charge is -2.31. The van der Waals surface area contributed by atoms with Crippen LogP contribution in [0.5, 0.6) is 0 Å². The first-order valence-corrected chi connectivity index (χ1v) is 9.73. The fourth-order valence-corrected chi connectivity index (χ4v) is 3.61. The lowest BCUT2D eigenvalue weighted by Crippen LogP contribution is -2.43. The van der Waals surface area contributed by atoms with Crippen LogP contribution in [0.15, 0.2) is 36.5 Å². The van der Waals surface area contributed by atoms with Crippen molar-refractivity contribution in [3.63, 3.8) is 0 Å². The molecule has 1 saturated heterocycles. The first-order valence-electron chi connectivity index (χ1n) is 9.73. The molecule has 0 aliphatic carbocycles. The third-order valence-corrected chi connectivity index (χ3v) is 4.92. The van der Waals surface area contributed by atoms with Gasteiger partial charge in [0.25, 0.3) is 5.91 Å². The van der Waals surface area contributed by atoms with Crippen LogP contribution >= 0.6 is 0 Å². The van der Waals surface area contributed by atoms with Crippen molar-refractivity contribution in [3.8, 4) is 5.69 Å². The van der Waals surface area contributed by atoms with Gasteiger partial charge in [0.2, 0.25) is 0 Å². The quantitative estimate of drug-likeness (QED) is 0.733. The number of amides is 1. The highest BCUT2D eigenvalue weighted by atomic mass is 16.5. The first kappa shape index (κ1) is 19.1. The summed E-state index contributed by atoms with van der Waals surface area (Å²) in [4.78, 5) is 27.0. The van der Waals surface area contributed by atoms with E-state index in [1.54, 1.807) is 18.0 Å². The van der Waals surface area contributed by atoms with Gasteiger partial charge >= 0.3 is 5.97 Å². The third-order valence-electron chi connectivity index (χ3n) is 4.92. The largest absolute Gasteiger partial charge is 0.466 e. The zero-order valence-corrected chi connectivity index (χ0v) is 16.1. The average molecular weight is 369 g/mol. The first-order chi connectivity index (χ1) is 13.2. The number of benzene rings is 1. The Labute approximate surface area is 160 Å². The summed E-state index contributed by atoms with van der Waals surface area (Å²) in [5, 5.41) is 4.48. The van der Waals surface area contributed by atoms with Crippen LogP contribution in [-0.2, 0) is 16.0 Å². The van der Waals surface area contributed by atoms with E-state index >= 15 is 0 Å². The van der Waals surface area contributed by atoms with Crippen molar-refractivity contribution in [1.29, 1.82) is 0 Å². The molecule has 0 saturated carbocycles. The fourth-order valence-electron chi connectivity index (χ4n) is 3.61. The second-order valence-electron chi connectivity index (χ2n) is 6.84. The van der Waals surface area contributed by atoms with Gasteiger partial charge in [-0.3, -0.25) is 9.59 Å². The number of ether oxygens (including phenoxy) is 1. The Kier molecular flexibility index (Phi) is 6.27. The van der Waals surface area contributed by atoms with E-state index in [0.717, 1.165) is 37.1 Å². The van der Waals surface area contributed by atoms with Crippen molar-refractivity contribution in [3.05, 3.63) is 47.8 Å². The Morgan fingerprint density at radius 3 is 2.70 bits per heavy atom. The number of piperidine rings is 1. The van der Waals surface area contributed by atoms with Crippen molar-refractivity contribution >= 4 is 11.9 Å². The number of aromatic nitrogens is 2. The molecule has 2 aromatic rings. The maximum absolute atomic E-state index is 13.2. The predicted molar refractivity (Wildman–Crippen MR) is 103 cm³/mol. The molecule has 2 heterocycles. The van der Waals surface area contributed by atoms with Crippen LogP contribution in [0.3, 0.4) is 0 Å². The molecule has 144 valence electrons. The molecule has 0 radical (unpaired) electrons. The summed E-state index contributed by atoms with van der Waals surface area (Å²) in [7, 11) is 0. The van der Waals surface area contributed by atoms with Gasteiger partial charge in [0, 0.05) is 13.1 Å². The Balaban J connectivity index is 1.84. The number of carbonyl (C=O) groups is 2. The highest BCUT2D eigenvalue weighted by Gasteiger charge is 2.31. The number of likely N-dealkylation sites (tertiary alicyclic amines) is 1. The number of rotatable bonds is 6. The molecule has 1 aromatic carbocycles. The summed E-state index contributed by atoms with van der Waals surface area (Å²) in [5.74, 6) is -0.486. The van der Waals surface area contributed by atoms with Crippen LogP contribution in [0, 0.1) is 5.92 Å². The smallest absolute Gasteiger partial charge is 0.310 e. The van der Waals surface area contributed by atoms with E-state index in [1.807, 2.05) is 35.0 Å². The van der Waals surface area contributed by atoms with E-state index in [2.05, 4.69) is 12.0 Å². The minimum absolute atomic E-state index is 0.0466. The summed E-state index contributed by atoms with van der Waals surface area (Å²) in [6, 6.07) is 9.85. The molecule has 1 fully saturated rings. The van der Waals surface area contributed by atoms with E-state index in [1.165, 1.54) is 0 Å². The molecule has 6 nitrogen and oxygen atoms in total. The SMILES string of the molecule is CCCc1c(C(=O)N2CCC[C@H](C(=O)OCC)C2)cnn1-c1ccccc1. The molecular weight excluding hydrogens is 342 g/mol. The van der Waals surface area contributed by atoms with Crippen molar-refractivity contribution in [2.24, 2.45) is 5.92 Å². The van der Waals surface area contributed by atoms with E-state index in [9.17, 15) is 9.59 Å². The summed E-state index contributed by atoms with van der Waals surface area (Å²) in [6.45, 7) is 5.34. The molecule has 6 heteroatoms. The van der Waals surface area contributed by atoms with E-state index in [0.29, 0.717) is 25.3 Å². The second kappa shape index (κ2) is 8.84. The maximum atomic E-state index is 13.2. The van der Waals surface area contributed by atoms with Gasteiger partial charge in [0.1, 0.15) is 0 Å². The number of hydrogen-bond acceptors (Lipinski definition) is 4. The number of nitrogens with zero attached hydrogens (tertiary/aromatic N) is 3. The molecular formula is C21H27N3O3. The van der Waals surface area contributed by atoms with Crippen LogP contribution in [0.2, 0.25) is 0 Å². The van der Waals surface area contributed by atoms with Gasteiger partial charge in [-0.2, -0.15) is 5.10 Å². The van der Waals surface area contributed by atoms with E-state index < -0.39 is 0 Å². The van der Waals surface area contributed by atoms with Crippen molar-refractivity contribution in [2.75, 3.05) is 19.7 Å². The van der Waals surface area contributed by atoms with Gasteiger partial charge in [-0.15, -0.1) is 0 Å². The van der Waals surface area contributed by atoms with E-state index in [4.69, 9.17) is 4.74 Å². The molecule has 0 bridgehead atoms. The molecule has 1 aromatic heterocycles. The zero-order valence-electron chi connectivity index (χ0n) is 16.1. The molecule has 27 heavy (non-hydrogen) atoms. The number of para-hydroxylation sites is 1. The Bertz CT molecular complexity index is 785. The molecule has 1 atom stereocenters. The lowest BCUT2D eigenvalue weighted by molar-refractivity contribution is -0.149. The lowest BCUT2D eigenvalue weighted by atomic mass is 9.97. The zero-order chi connectivity index (χ0) is 19.2. The normalized spacial score (nSPS) is 17.0. The average Bonchev–Trinajstić information content (AvgIpc) is 3.12. The Morgan fingerprint density at radius 1 is 1.22 bits per heavy atom. The highest BCUT2D eigenvalue weighted by Crippen LogP contribution is 2.23. The van der Waals surface area contributed by atoms with Gasteiger partial charge in [-0.1, -0.05) is 31.5 Å². The van der Waals surface area contributed by atoms with E-state index in [-0.39, 0.29) is 17.8 Å². The minimum Gasteiger partial charge on any atom is -0.466 e. The van der Waals surface area contributed by atoms with Gasteiger partial charge in [-0.05, 0) is 38.3 Å². The van der Waals surface area contributed by atoms with Crippen molar-refractivity contribution < 1.29 is 14.3 Å². The van der Waals surface area contributed by atoms with Crippen LogP contribution in [0.1, 0.15) is 49.2 Å². The number of carbonyl (C=O) groups excluding carboxylic acids is 2. The Hall–Kier alpha value is -2.63. The second-order valence-corrected chi connectivity index (χ2v) is 6.84. The van der Waals surface area contributed by atoms with Crippen LogP contribution in [-0.4, -0.2) is 46.3 Å². The monoisotopic (exact) mass is 369 g/mol. The summed E-state index contributed by atoms with van der Waals surface area (Å²) >= 11 is 0. The molecule has 0 N–H and O–H groups in total. The summed E-state index contributed by atoms with van der Waals surface area (Å²) in [6.07, 6.45) is 4.93. The summed E-state index contributed by atoms with van der Waals surface area (Å²) in [5.41, 5.74) is 2.50. The number of esters is 1. The molecule has 1 aliphatic rings. The third kappa shape index (κ3) is 4.21. The predicted octanol–water partition coefficient (Wildman–Crippen LogP) is 3.24. The number of hydrogen-bond donors (Lipinski definition) is 0. The topological polar surface area (TPSA) is 64.4 Å².